The molecule has 0 aliphatic carbocycles. The van der Waals surface area contributed by atoms with Crippen molar-refractivity contribution >= 4 is 11.7 Å². The van der Waals surface area contributed by atoms with E-state index in [1.807, 2.05) is 13.0 Å². The second-order valence-corrected chi connectivity index (χ2v) is 4.53. The number of pyridine rings is 1. The second-order valence-electron chi connectivity index (χ2n) is 4.53. The molecule has 1 fully saturated rings. The fourth-order valence-electron chi connectivity index (χ4n) is 1.88. The number of aromatic nitrogens is 1. The zero-order valence-corrected chi connectivity index (χ0v) is 10.6. The Hall–Kier alpha value is -1.46. The summed E-state index contributed by atoms with van der Waals surface area (Å²) in [5, 5.41) is 5.97. The van der Waals surface area contributed by atoms with Gasteiger partial charge in [-0.05, 0) is 44.5 Å². The van der Waals surface area contributed by atoms with Gasteiger partial charge < -0.3 is 15.4 Å². The van der Waals surface area contributed by atoms with E-state index >= 15 is 0 Å². The van der Waals surface area contributed by atoms with E-state index < -0.39 is 0 Å². The molecule has 0 bridgehead atoms. The van der Waals surface area contributed by atoms with Crippen LogP contribution in [0.5, 0.6) is 0 Å². The molecule has 1 saturated heterocycles. The fraction of sp³-hybridized carbons (Fsp3) is 0.538. The summed E-state index contributed by atoms with van der Waals surface area (Å²) in [6.45, 7) is 3.98. The van der Waals surface area contributed by atoms with E-state index in [1.54, 1.807) is 12.3 Å². The van der Waals surface area contributed by atoms with Crippen LogP contribution in [0.25, 0.3) is 0 Å². The summed E-state index contributed by atoms with van der Waals surface area (Å²) in [7, 11) is 0. The first-order chi connectivity index (χ1) is 8.74. The van der Waals surface area contributed by atoms with Gasteiger partial charge in [0.05, 0.1) is 6.10 Å². The van der Waals surface area contributed by atoms with Gasteiger partial charge in [-0.25, -0.2) is 4.98 Å². The molecule has 5 nitrogen and oxygen atoms in total. The zero-order valence-electron chi connectivity index (χ0n) is 10.6. The summed E-state index contributed by atoms with van der Waals surface area (Å²) in [5.74, 6) is 0.421. The zero-order chi connectivity index (χ0) is 12.8. The molecule has 5 heteroatoms. The third kappa shape index (κ3) is 4.09. The highest BCUT2D eigenvalue weighted by Crippen LogP contribution is 2.08. The van der Waals surface area contributed by atoms with Crippen molar-refractivity contribution in [3.05, 3.63) is 23.9 Å². The molecule has 0 aromatic carbocycles. The van der Waals surface area contributed by atoms with Crippen LogP contribution in [0.4, 0.5) is 5.82 Å². The Morgan fingerprint density at radius 1 is 1.50 bits per heavy atom. The van der Waals surface area contributed by atoms with Gasteiger partial charge in [0, 0.05) is 6.20 Å². The third-order valence-electron chi connectivity index (χ3n) is 2.92. The van der Waals surface area contributed by atoms with E-state index in [0.29, 0.717) is 5.82 Å². The summed E-state index contributed by atoms with van der Waals surface area (Å²) in [5.41, 5.74) is 1.07. The smallest absolute Gasteiger partial charge is 0.251 e. The molecule has 0 atom stereocenters. The summed E-state index contributed by atoms with van der Waals surface area (Å²) >= 11 is 0. The number of nitrogens with one attached hydrogen (secondary N) is 2. The number of anilines is 1. The van der Waals surface area contributed by atoms with Gasteiger partial charge in [-0.3, -0.25) is 4.79 Å². The first-order valence-electron chi connectivity index (χ1n) is 6.29. The lowest BCUT2D eigenvalue weighted by molar-refractivity contribution is -0.123. The maximum Gasteiger partial charge on any atom is 0.251 e. The van der Waals surface area contributed by atoms with E-state index in [4.69, 9.17) is 4.74 Å². The van der Waals surface area contributed by atoms with Gasteiger partial charge in [-0.15, -0.1) is 0 Å². The predicted molar refractivity (Wildman–Crippen MR) is 69.4 cm³/mol. The number of carbonyl (C=O) groups excluding carboxylic acids is 1. The van der Waals surface area contributed by atoms with Crippen LogP contribution in [0, 0.1) is 6.92 Å². The van der Waals surface area contributed by atoms with Gasteiger partial charge in [-0.2, -0.15) is 0 Å². The fourth-order valence-corrected chi connectivity index (χ4v) is 1.88. The number of carbonyl (C=O) groups is 1. The SMILES string of the molecule is Cc1ccc(NC(=O)COC2CCNCC2)nc1. The van der Waals surface area contributed by atoms with Crippen LogP contribution in [-0.4, -0.2) is 36.7 Å². The first-order valence-corrected chi connectivity index (χ1v) is 6.29. The van der Waals surface area contributed by atoms with Crippen molar-refractivity contribution in [2.24, 2.45) is 0 Å². The van der Waals surface area contributed by atoms with Crippen LogP contribution < -0.4 is 10.6 Å². The molecule has 18 heavy (non-hydrogen) atoms. The minimum atomic E-state index is -0.148. The molecular weight excluding hydrogens is 230 g/mol. The number of nitrogens with zero attached hydrogens (tertiary/aromatic N) is 1. The lowest BCUT2D eigenvalue weighted by atomic mass is 10.1. The number of amides is 1. The molecule has 2 rings (SSSR count). The Morgan fingerprint density at radius 2 is 2.28 bits per heavy atom. The van der Waals surface area contributed by atoms with Crippen LogP contribution in [0.15, 0.2) is 18.3 Å². The van der Waals surface area contributed by atoms with Crippen LogP contribution >= 0.6 is 0 Å². The number of ether oxygens (including phenoxy) is 1. The normalized spacial score (nSPS) is 16.5. The van der Waals surface area contributed by atoms with Gasteiger partial charge in [0.1, 0.15) is 12.4 Å². The molecule has 0 spiro atoms. The van der Waals surface area contributed by atoms with E-state index in [2.05, 4.69) is 15.6 Å². The van der Waals surface area contributed by atoms with E-state index in [9.17, 15) is 4.79 Å². The van der Waals surface area contributed by atoms with Crippen molar-refractivity contribution in [3.63, 3.8) is 0 Å². The second kappa shape index (κ2) is 6.47. The number of piperidine rings is 1. The monoisotopic (exact) mass is 249 g/mol. The Morgan fingerprint density at radius 3 is 2.94 bits per heavy atom. The molecule has 98 valence electrons. The number of aryl methyl sites for hydroxylation is 1. The Labute approximate surface area is 107 Å². The Bertz CT molecular complexity index is 386. The lowest BCUT2D eigenvalue weighted by Gasteiger charge is -2.22. The van der Waals surface area contributed by atoms with Crippen molar-refractivity contribution in [3.8, 4) is 0 Å². The van der Waals surface area contributed by atoms with Gasteiger partial charge in [-0.1, -0.05) is 6.07 Å². The number of rotatable bonds is 4. The average molecular weight is 249 g/mol. The van der Waals surface area contributed by atoms with Crippen molar-refractivity contribution in [2.45, 2.75) is 25.9 Å². The molecule has 1 aliphatic rings. The minimum absolute atomic E-state index is 0.0974. The molecule has 2 heterocycles. The maximum atomic E-state index is 11.6. The van der Waals surface area contributed by atoms with Crippen LogP contribution in [-0.2, 0) is 9.53 Å². The standard InChI is InChI=1S/C13H19N3O2/c1-10-2-3-12(15-8-10)16-13(17)9-18-11-4-6-14-7-5-11/h2-3,8,11,14H,4-7,9H2,1H3,(H,15,16,17). The highest BCUT2D eigenvalue weighted by Gasteiger charge is 2.14. The summed E-state index contributed by atoms with van der Waals surface area (Å²) < 4.78 is 5.56. The topological polar surface area (TPSA) is 63.2 Å². The third-order valence-corrected chi connectivity index (χ3v) is 2.92. The molecule has 1 aliphatic heterocycles. The Kier molecular flexibility index (Phi) is 4.66. The highest BCUT2D eigenvalue weighted by atomic mass is 16.5. The molecular formula is C13H19N3O2. The van der Waals surface area contributed by atoms with Crippen LogP contribution in [0.2, 0.25) is 0 Å². The van der Waals surface area contributed by atoms with Crippen molar-refractivity contribution in [2.75, 3.05) is 25.0 Å². The van der Waals surface area contributed by atoms with E-state index in [-0.39, 0.29) is 18.6 Å². The minimum Gasteiger partial charge on any atom is -0.368 e. The van der Waals surface area contributed by atoms with Crippen LogP contribution in [0.3, 0.4) is 0 Å². The maximum absolute atomic E-state index is 11.6. The Balaban J connectivity index is 1.73. The number of hydrogen-bond donors (Lipinski definition) is 2. The van der Waals surface area contributed by atoms with Gasteiger partial charge in [0.2, 0.25) is 0 Å². The van der Waals surface area contributed by atoms with Gasteiger partial charge in [0.25, 0.3) is 5.91 Å². The number of hydrogen-bond acceptors (Lipinski definition) is 4. The average Bonchev–Trinajstić information content (AvgIpc) is 2.40. The van der Waals surface area contributed by atoms with Crippen molar-refractivity contribution < 1.29 is 9.53 Å². The molecule has 1 aromatic heterocycles. The summed E-state index contributed by atoms with van der Waals surface area (Å²) in [4.78, 5) is 15.8. The van der Waals surface area contributed by atoms with Crippen molar-refractivity contribution in [1.29, 1.82) is 0 Å². The van der Waals surface area contributed by atoms with E-state index in [1.165, 1.54) is 0 Å². The molecule has 0 saturated carbocycles. The predicted octanol–water partition coefficient (Wildman–Crippen LogP) is 1.10. The van der Waals surface area contributed by atoms with E-state index in [0.717, 1.165) is 31.5 Å². The van der Waals surface area contributed by atoms with Gasteiger partial charge in [0.15, 0.2) is 0 Å². The first kappa shape index (κ1) is 13.0. The van der Waals surface area contributed by atoms with Gasteiger partial charge >= 0.3 is 0 Å². The molecule has 0 unspecified atom stereocenters. The molecule has 0 radical (unpaired) electrons. The molecule has 1 amide bonds. The largest absolute Gasteiger partial charge is 0.368 e. The summed E-state index contributed by atoms with van der Waals surface area (Å²) in [6, 6.07) is 3.70. The summed E-state index contributed by atoms with van der Waals surface area (Å²) in [6.07, 6.45) is 3.86. The highest BCUT2D eigenvalue weighted by molar-refractivity contribution is 5.90. The lowest BCUT2D eigenvalue weighted by Crippen LogP contribution is -2.34. The van der Waals surface area contributed by atoms with Crippen molar-refractivity contribution in [1.82, 2.24) is 10.3 Å². The van der Waals surface area contributed by atoms with Crippen LogP contribution in [0.1, 0.15) is 18.4 Å². The molecule has 1 aromatic rings. The quantitative estimate of drug-likeness (QED) is 0.838. The molecule has 2 N–H and O–H groups in total.